The van der Waals surface area contributed by atoms with Gasteiger partial charge < -0.3 is 10.6 Å². The third-order valence-corrected chi connectivity index (χ3v) is 5.22. The molecule has 2 N–H and O–H groups in total. The van der Waals surface area contributed by atoms with Crippen LogP contribution in [0.1, 0.15) is 10.4 Å². The highest BCUT2D eigenvalue weighted by Crippen LogP contribution is 2.21. The Kier molecular flexibility index (Phi) is 4.62. The summed E-state index contributed by atoms with van der Waals surface area (Å²) >= 11 is 1.51. The summed E-state index contributed by atoms with van der Waals surface area (Å²) < 4.78 is 2.79. The van der Waals surface area contributed by atoms with E-state index in [9.17, 15) is 4.79 Å². The summed E-state index contributed by atoms with van der Waals surface area (Å²) in [6.07, 6.45) is 6.68. The van der Waals surface area contributed by atoms with Crippen molar-refractivity contribution in [1.82, 2.24) is 24.5 Å². The monoisotopic (exact) mass is 413 g/mol. The van der Waals surface area contributed by atoms with Crippen molar-refractivity contribution in [1.29, 1.82) is 0 Å². The Balaban J connectivity index is 1.27. The van der Waals surface area contributed by atoms with E-state index in [1.807, 2.05) is 48.7 Å². The van der Waals surface area contributed by atoms with Gasteiger partial charge in [-0.3, -0.25) is 9.36 Å². The minimum atomic E-state index is -0.160. The Morgan fingerprint density at radius 2 is 1.83 bits per heavy atom. The van der Waals surface area contributed by atoms with Gasteiger partial charge in [0.15, 0.2) is 0 Å². The molecule has 0 saturated carbocycles. The summed E-state index contributed by atoms with van der Waals surface area (Å²) in [5.41, 5.74) is 4.81. The predicted molar refractivity (Wildman–Crippen MR) is 116 cm³/mol. The van der Waals surface area contributed by atoms with E-state index in [2.05, 4.69) is 30.6 Å². The molecule has 146 valence electrons. The van der Waals surface area contributed by atoms with Crippen molar-refractivity contribution in [3.05, 3.63) is 84.7 Å². The van der Waals surface area contributed by atoms with Gasteiger partial charge in [0.25, 0.3) is 5.91 Å². The zero-order valence-corrected chi connectivity index (χ0v) is 16.4. The van der Waals surface area contributed by atoms with Crippen LogP contribution in [0.3, 0.4) is 0 Å². The maximum Gasteiger partial charge on any atom is 0.255 e. The highest BCUT2D eigenvalue weighted by molar-refractivity contribution is 7.16. The SMILES string of the molecule is O=C(Nc1ccc(Nc2cc(-n3ccnc3)ncn2)cc1)c1ccc2ncsc2c1. The van der Waals surface area contributed by atoms with Gasteiger partial charge in [0.1, 0.15) is 24.3 Å². The number of benzene rings is 2. The van der Waals surface area contributed by atoms with Crippen LogP contribution in [0, 0.1) is 0 Å². The molecule has 8 nitrogen and oxygen atoms in total. The number of hydrogen-bond donors (Lipinski definition) is 2. The Bertz CT molecular complexity index is 1310. The van der Waals surface area contributed by atoms with Crippen molar-refractivity contribution in [3.8, 4) is 5.82 Å². The molecule has 2 aromatic carbocycles. The van der Waals surface area contributed by atoms with Crippen molar-refractivity contribution >= 4 is 44.7 Å². The van der Waals surface area contributed by atoms with E-state index in [1.54, 1.807) is 28.7 Å². The minimum Gasteiger partial charge on any atom is -0.340 e. The number of carbonyl (C=O) groups excluding carboxylic acids is 1. The molecule has 9 heteroatoms. The first-order valence-electron chi connectivity index (χ1n) is 9.07. The number of hydrogen-bond acceptors (Lipinski definition) is 7. The van der Waals surface area contributed by atoms with Crippen LogP contribution in [0.2, 0.25) is 0 Å². The maximum absolute atomic E-state index is 12.5. The topological polar surface area (TPSA) is 97.6 Å². The van der Waals surface area contributed by atoms with Gasteiger partial charge in [-0.15, -0.1) is 11.3 Å². The molecule has 3 aromatic heterocycles. The summed E-state index contributed by atoms with van der Waals surface area (Å²) in [6.45, 7) is 0. The second kappa shape index (κ2) is 7.72. The molecule has 0 saturated heterocycles. The maximum atomic E-state index is 12.5. The van der Waals surface area contributed by atoms with Gasteiger partial charge >= 0.3 is 0 Å². The van der Waals surface area contributed by atoms with Crippen LogP contribution in [0.4, 0.5) is 17.2 Å². The highest BCUT2D eigenvalue weighted by atomic mass is 32.1. The third kappa shape index (κ3) is 3.74. The fraction of sp³-hybridized carbons (Fsp3) is 0. The molecule has 0 aliphatic rings. The fourth-order valence-electron chi connectivity index (χ4n) is 2.94. The van der Waals surface area contributed by atoms with Crippen LogP contribution in [-0.2, 0) is 0 Å². The van der Waals surface area contributed by atoms with Crippen LogP contribution in [0.15, 0.2) is 79.1 Å². The average Bonchev–Trinajstić information content (AvgIpc) is 3.47. The molecule has 0 bridgehead atoms. The Morgan fingerprint density at radius 1 is 0.967 bits per heavy atom. The summed E-state index contributed by atoms with van der Waals surface area (Å²) in [4.78, 5) is 29.3. The number of amides is 1. The lowest BCUT2D eigenvalue weighted by atomic mass is 10.2. The van der Waals surface area contributed by atoms with Crippen molar-refractivity contribution < 1.29 is 4.79 Å². The molecule has 5 rings (SSSR count). The highest BCUT2D eigenvalue weighted by Gasteiger charge is 2.08. The first-order chi connectivity index (χ1) is 14.7. The number of anilines is 3. The minimum absolute atomic E-state index is 0.160. The Labute approximate surface area is 175 Å². The fourth-order valence-corrected chi connectivity index (χ4v) is 3.65. The molecule has 0 unspecified atom stereocenters. The molecule has 3 heterocycles. The molecule has 0 radical (unpaired) electrons. The van der Waals surface area contributed by atoms with Crippen molar-refractivity contribution in [2.45, 2.75) is 0 Å². The normalized spacial score (nSPS) is 10.8. The summed E-state index contributed by atoms with van der Waals surface area (Å²) in [5, 5.41) is 6.15. The molecular weight excluding hydrogens is 398 g/mol. The van der Waals surface area contributed by atoms with Crippen molar-refractivity contribution in [2.24, 2.45) is 0 Å². The van der Waals surface area contributed by atoms with Crippen molar-refractivity contribution in [3.63, 3.8) is 0 Å². The molecule has 0 fully saturated rings. The van der Waals surface area contributed by atoms with E-state index < -0.39 is 0 Å². The lowest BCUT2D eigenvalue weighted by Gasteiger charge is -2.09. The van der Waals surface area contributed by atoms with Gasteiger partial charge in [0, 0.05) is 35.4 Å². The van der Waals surface area contributed by atoms with Gasteiger partial charge in [-0.2, -0.15) is 0 Å². The number of thiazole rings is 1. The van der Waals surface area contributed by atoms with Gasteiger partial charge in [0.2, 0.25) is 0 Å². The van der Waals surface area contributed by atoms with Gasteiger partial charge in [-0.05, 0) is 42.5 Å². The zero-order chi connectivity index (χ0) is 20.3. The second-order valence-electron chi connectivity index (χ2n) is 6.42. The third-order valence-electron chi connectivity index (χ3n) is 4.43. The van der Waals surface area contributed by atoms with Crippen molar-refractivity contribution in [2.75, 3.05) is 10.6 Å². The summed E-state index contributed by atoms with van der Waals surface area (Å²) in [6, 6.07) is 14.7. The van der Waals surface area contributed by atoms with Crippen LogP contribution >= 0.6 is 11.3 Å². The van der Waals surface area contributed by atoms with Gasteiger partial charge in [-0.1, -0.05) is 0 Å². The molecule has 0 spiro atoms. The number of nitrogens with zero attached hydrogens (tertiary/aromatic N) is 5. The number of nitrogens with one attached hydrogen (secondary N) is 2. The smallest absolute Gasteiger partial charge is 0.255 e. The zero-order valence-electron chi connectivity index (χ0n) is 15.6. The Morgan fingerprint density at radius 3 is 2.67 bits per heavy atom. The molecule has 0 aliphatic carbocycles. The Hall–Kier alpha value is -4.11. The van der Waals surface area contributed by atoms with E-state index in [-0.39, 0.29) is 5.91 Å². The van der Waals surface area contributed by atoms with E-state index in [0.29, 0.717) is 22.9 Å². The molecular formula is C21H15N7OS. The van der Waals surface area contributed by atoms with E-state index in [1.165, 1.54) is 17.7 Å². The van der Waals surface area contributed by atoms with Crippen LogP contribution < -0.4 is 10.6 Å². The van der Waals surface area contributed by atoms with E-state index in [0.717, 1.165) is 15.9 Å². The molecule has 5 aromatic rings. The predicted octanol–water partition coefficient (Wildman–Crippen LogP) is 4.27. The number of rotatable bonds is 5. The van der Waals surface area contributed by atoms with Gasteiger partial charge in [-0.25, -0.2) is 19.9 Å². The van der Waals surface area contributed by atoms with Crippen LogP contribution in [0.25, 0.3) is 16.0 Å². The summed E-state index contributed by atoms with van der Waals surface area (Å²) in [7, 11) is 0. The lowest BCUT2D eigenvalue weighted by Crippen LogP contribution is -2.11. The number of aromatic nitrogens is 5. The number of carbonyl (C=O) groups is 1. The number of fused-ring (bicyclic) bond motifs is 1. The standard InChI is InChI=1S/C21H15N7OS/c29-21(14-1-6-17-18(9-14)30-13-25-17)27-16-4-2-15(3-5-16)26-19-10-20(24-11-23-19)28-8-7-22-12-28/h1-13H,(H,27,29)(H,23,24,26). The number of imidazole rings is 1. The average molecular weight is 413 g/mol. The second-order valence-corrected chi connectivity index (χ2v) is 7.31. The quantitative estimate of drug-likeness (QED) is 0.447. The molecule has 1 amide bonds. The summed E-state index contributed by atoms with van der Waals surface area (Å²) in [5.74, 6) is 1.21. The molecule has 0 atom stereocenters. The first-order valence-corrected chi connectivity index (χ1v) is 9.95. The van der Waals surface area contributed by atoms with Gasteiger partial charge in [0.05, 0.1) is 15.7 Å². The largest absolute Gasteiger partial charge is 0.340 e. The first kappa shape index (κ1) is 18.0. The molecule has 0 aliphatic heterocycles. The molecule has 30 heavy (non-hydrogen) atoms. The van der Waals surface area contributed by atoms with Crippen LogP contribution in [0.5, 0.6) is 0 Å². The van der Waals surface area contributed by atoms with Crippen LogP contribution in [-0.4, -0.2) is 30.4 Å². The van der Waals surface area contributed by atoms with E-state index >= 15 is 0 Å². The lowest BCUT2D eigenvalue weighted by molar-refractivity contribution is 0.102. The van der Waals surface area contributed by atoms with E-state index in [4.69, 9.17) is 0 Å².